The molecule has 5 atom stereocenters. The maximum Gasteiger partial charge on any atom is 0.348 e. The number of esters is 1. The highest BCUT2D eigenvalue weighted by Gasteiger charge is 2.46. The van der Waals surface area contributed by atoms with Crippen LogP contribution in [0.3, 0.4) is 0 Å². The van der Waals surface area contributed by atoms with Crippen molar-refractivity contribution in [3.8, 4) is 0 Å². The van der Waals surface area contributed by atoms with Gasteiger partial charge in [-0.15, -0.1) is 11.3 Å². The zero-order valence-electron chi connectivity index (χ0n) is 21.8. The van der Waals surface area contributed by atoms with Gasteiger partial charge in [-0.2, -0.15) is 0 Å². The molecule has 8 heteroatoms. The highest BCUT2D eigenvalue weighted by atomic mass is 32.1. The highest BCUT2D eigenvalue weighted by Crippen LogP contribution is 2.42. The number of rotatable bonds is 10. The van der Waals surface area contributed by atoms with Crippen LogP contribution < -0.4 is 0 Å². The van der Waals surface area contributed by atoms with Gasteiger partial charge in [0.15, 0.2) is 14.6 Å². The van der Waals surface area contributed by atoms with E-state index in [-0.39, 0.29) is 35.2 Å². The van der Waals surface area contributed by atoms with E-state index in [4.69, 9.17) is 18.6 Å². The standard InChI is InChI=1S/C26H44O6SSi/c1-26(2,3)34(5,6)31-17-20-19(11-9-10-18-13-14-23(33-18)25(28)29-4)21(27)16-22(20)32-24-12-7-8-15-30-24/h13-14,19-22,24,27H,7-12,15-17H2,1-6H3/t19-,20-,21+,22-,24?/m1/s1. The smallest absolute Gasteiger partial charge is 0.348 e. The van der Waals surface area contributed by atoms with E-state index >= 15 is 0 Å². The van der Waals surface area contributed by atoms with Crippen LogP contribution in [0.2, 0.25) is 18.1 Å². The third-order valence-electron chi connectivity index (χ3n) is 7.91. The second kappa shape index (κ2) is 12.0. The summed E-state index contributed by atoms with van der Waals surface area (Å²) in [6.45, 7) is 12.7. The molecule has 1 aliphatic heterocycles. The average molecular weight is 513 g/mol. The van der Waals surface area contributed by atoms with Crippen LogP contribution in [0.25, 0.3) is 0 Å². The van der Waals surface area contributed by atoms with Crippen LogP contribution >= 0.6 is 11.3 Å². The quantitative estimate of drug-likeness (QED) is 0.316. The minimum atomic E-state index is -1.91. The van der Waals surface area contributed by atoms with Crippen molar-refractivity contribution in [1.29, 1.82) is 0 Å². The van der Waals surface area contributed by atoms with Crippen LogP contribution in [-0.2, 0) is 25.1 Å². The van der Waals surface area contributed by atoms with Gasteiger partial charge in [0.1, 0.15) is 4.88 Å². The minimum absolute atomic E-state index is 0.0412. The minimum Gasteiger partial charge on any atom is -0.465 e. The predicted octanol–water partition coefficient (Wildman–Crippen LogP) is 5.79. The van der Waals surface area contributed by atoms with Crippen LogP contribution in [0.1, 0.15) is 73.8 Å². The lowest BCUT2D eigenvalue weighted by Crippen LogP contribution is -2.44. The molecule has 1 saturated heterocycles. The van der Waals surface area contributed by atoms with E-state index in [1.54, 1.807) is 0 Å². The van der Waals surface area contributed by atoms with Gasteiger partial charge in [0.25, 0.3) is 0 Å². The Morgan fingerprint density at radius 2 is 2.00 bits per heavy atom. The van der Waals surface area contributed by atoms with Crippen LogP contribution in [-0.4, -0.2) is 58.2 Å². The molecule has 6 nitrogen and oxygen atoms in total. The molecule has 2 heterocycles. The fourth-order valence-corrected chi connectivity index (χ4v) is 6.72. The first-order valence-electron chi connectivity index (χ1n) is 12.8. The molecule has 2 fully saturated rings. The zero-order chi connectivity index (χ0) is 24.9. The van der Waals surface area contributed by atoms with Gasteiger partial charge in [-0.25, -0.2) is 4.79 Å². The topological polar surface area (TPSA) is 74.2 Å². The van der Waals surface area contributed by atoms with E-state index in [1.807, 2.05) is 12.1 Å². The molecule has 0 radical (unpaired) electrons. The molecule has 0 spiro atoms. The second-order valence-electron chi connectivity index (χ2n) is 11.3. The van der Waals surface area contributed by atoms with Crippen molar-refractivity contribution < 1.29 is 28.5 Å². The number of hydrogen-bond donors (Lipinski definition) is 1. The normalized spacial score (nSPS) is 28.3. The van der Waals surface area contributed by atoms with Gasteiger partial charge in [-0.3, -0.25) is 0 Å². The lowest BCUT2D eigenvalue weighted by Gasteiger charge is -2.38. The number of thiophene rings is 1. The van der Waals surface area contributed by atoms with E-state index in [0.717, 1.165) is 45.1 Å². The van der Waals surface area contributed by atoms with Crippen LogP contribution in [0.4, 0.5) is 0 Å². The fourth-order valence-electron chi connectivity index (χ4n) is 4.71. The maximum absolute atomic E-state index is 11.7. The number of aryl methyl sites for hydroxylation is 1. The molecular weight excluding hydrogens is 468 g/mol. The fraction of sp³-hybridized carbons (Fsp3) is 0.808. The first kappa shape index (κ1) is 27.8. The van der Waals surface area contributed by atoms with E-state index in [9.17, 15) is 9.90 Å². The summed E-state index contributed by atoms with van der Waals surface area (Å²) in [5.74, 6) is 0.0113. The molecule has 1 N–H and O–H groups in total. The Bertz CT molecular complexity index is 782. The third-order valence-corrected chi connectivity index (χ3v) is 13.5. The molecule has 2 aliphatic rings. The molecule has 1 aromatic rings. The second-order valence-corrected chi connectivity index (χ2v) is 17.3. The monoisotopic (exact) mass is 512 g/mol. The Balaban J connectivity index is 1.64. The number of carbonyl (C=O) groups is 1. The Labute approximate surface area is 210 Å². The van der Waals surface area contributed by atoms with Gasteiger partial charge in [-0.05, 0) is 74.7 Å². The molecule has 3 rings (SSSR count). The lowest BCUT2D eigenvalue weighted by molar-refractivity contribution is -0.197. The Morgan fingerprint density at radius 3 is 2.65 bits per heavy atom. The Kier molecular flexibility index (Phi) is 9.79. The first-order chi connectivity index (χ1) is 16.0. The summed E-state index contributed by atoms with van der Waals surface area (Å²) in [5, 5.41) is 11.2. The molecule has 1 aromatic heterocycles. The number of hydrogen-bond acceptors (Lipinski definition) is 7. The Morgan fingerprint density at radius 1 is 1.24 bits per heavy atom. The molecule has 194 valence electrons. The number of ether oxygens (including phenoxy) is 3. The van der Waals surface area contributed by atoms with Gasteiger partial charge in [-0.1, -0.05) is 20.8 Å². The summed E-state index contributed by atoms with van der Waals surface area (Å²) in [4.78, 5) is 13.5. The van der Waals surface area contributed by atoms with Crippen LogP contribution in [0, 0.1) is 11.8 Å². The van der Waals surface area contributed by atoms with Crippen LogP contribution in [0.15, 0.2) is 12.1 Å². The SMILES string of the molecule is COC(=O)c1ccc(CCC[C@@H]2[C@@H](CO[Si](C)(C)C(C)(C)C)[C@H](OC3CCCCO3)C[C@@H]2O)s1. The maximum atomic E-state index is 11.7. The van der Waals surface area contributed by atoms with Gasteiger partial charge >= 0.3 is 5.97 Å². The van der Waals surface area contributed by atoms with Crippen molar-refractivity contribution in [3.63, 3.8) is 0 Å². The summed E-state index contributed by atoms with van der Waals surface area (Å²) in [5.41, 5.74) is 0. The number of carbonyl (C=O) groups excluding carboxylic acids is 1. The van der Waals surface area contributed by atoms with Gasteiger partial charge < -0.3 is 23.7 Å². The Hall–Kier alpha value is -0.773. The molecular formula is C26H44O6SSi. The van der Waals surface area contributed by atoms with Crippen molar-refractivity contribution in [2.75, 3.05) is 20.3 Å². The average Bonchev–Trinajstić information content (AvgIpc) is 3.36. The molecule has 34 heavy (non-hydrogen) atoms. The van der Waals surface area contributed by atoms with Crippen molar-refractivity contribution >= 4 is 25.6 Å². The highest BCUT2D eigenvalue weighted by molar-refractivity contribution is 7.13. The lowest BCUT2D eigenvalue weighted by atomic mass is 9.89. The van der Waals surface area contributed by atoms with E-state index in [2.05, 4.69) is 33.9 Å². The first-order valence-corrected chi connectivity index (χ1v) is 16.5. The molecule has 1 saturated carbocycles. The number of aliphatic hydroxyl groups excluding tert-OH is 1. The molecule has 0 amide bonds. The van der Waals surface area contributed by atoms with E-state index in [1.165, 1.54) is 23.3 Å². The number of methoxy groups -OCH3 is 1. The van der Waals surface area contributed by atoms with E-state index < -0.39 is 14.4 Å². The van der Waals surface area contributed by atoms with Crippen molar-refractivity contribution in [2.24, 2.45) is 11.8 Å². The molecule has 1 unspecified atom stereocenters. The number of aliphatic hydroxyl groups is 1. The summed E-state index contributed by atoms with van der Waals surface area (Å²) >= 11 is 1.49. The third kappa shape index (κ3) is 7.14. The van der Waals surface area contributed by atoms with Crippen molar-refractivity contribution in [1.82, 2.24) is 0 Å². The van der Waals surface area contributed by atoms with Gasteiger partial charge in [0.2, 0.25) is 0 Å². The zero-order valence-corrected chi connectivity index (χ0v) is 23.6. The molecule has 0 aromatic carbocycles. The van der Waals surface area contributed by atoms with Crippen molar-refractivity contribution in [3.05, 3.63) is 21.9 Å². The van der Waals surface area contributed by atoms with Gasteiger partial charge in [0.05, 0.1) is 19.3 Å². The summed E-state index contributed by atoms with van der Waals surface area (Å²) in [6, 6.07) is 3.84. The summed E-state index contributed by atoms with van der Waals surface area (Å²) in [7, 11) is -0.503. The summed E-state index contributed by atoms with van der Waals surface area (Å²) in [6.07, 6.45) is 5.93. The largest absolute Gasteiger partial charge is 0.465 e. The molecule has 0 bridgehead atoms. The van der Waals surface area contributed by atoms with Gasteiger partial charge in [0, 0.05) is 30.4 Å². The van der Waals surface area contributed by atoms with E-state index in [0.29, 0.717) is 17.9 Å². The van der Waals surface area contributed by atoms with Crippen molar-refractivity contribution in [2.45, 2.75) is 102 Å². The summed E-state index contributed by atoms with van der Waals surface area (Å²) < 4.78 is 23.7. The molecule has 1 aliphatic carbocycles. The predicted molar refractivity (Wildman–Crippen MR) is 138 cm³/mol. The van der Waals surface area contributed by atoms with Crippen LogP contribution in [0.5, 0.6) is 0 Å².